The summed E-state index contributed by atoms with van der Waals surface area (Å²) in [6.07, 6.45) is 3.42. The Balaban J connectivity index is 1.67. The van der Waals surface area contributed by atoms with Gasteiger partial charge in [0, 0.05) is 43.9 Å². The van der Waals surface area contributed by atoms with Crippen molar-refractivity contribution in [3.8, 4) is 11.3 Å². The summed E-state index contributed by atoms with van der Waals surface area (Å²) < 4.78 is 1.60. The number of pyridine rings is 1. The lowest BCUT2D eigenvalue weighted by atomic mass is 9.92. The number of nitrogens with two attached hydrogens (primary N) is 1. The zero-order valence-electron chi connectivity index (χ0n) is 16.6. The van der Waals surface area contributed by atoms with Gasteiger partial charge in [-0.15, -0.1) is 0 Å². The lowest BCUT2D eigenvalue weighted by Crippen LogP contribution is -2.35. The van der Waals surface area contributed by atoms with Crippen LogP contribution in [0.5, 0.6) is 0 Å². The Kier molecular flexibility index (Phi) is 5.18. The van der Waals surface area contributed by atoms with Gasteiger partial charge in [-0.05, 0) is 18.9 Å². The van der Waals surface area contributed by atoms with Gasteiger partial charge in [0.2, 0.25) is 0 Å². The van der Waals surface area contributed by atoms with Gasteiger partial charge in [0.1, 0.15) is 5.82 Å². The molecule has 9 nitrogen and oxygen atoms in total. The largest absolute Gasteiger partial charge is 0.365 e. The van der Waals surface area contributed by atoms with Crippen LogP contribution < -0.4 is 10.6 Å². The van der Waals surface area contributed by atoms with E-state index in [4.69, 9.17) is 5.73 Å². The van der Waals surface area contributed by atoms with Gasteiger partial charge in [-0.25, -0.2) is 4.98 Å². The summed E-state index contributed by atoms with van der Waals surface area (Å²) in [7, 11) is 1.76. The Bertz CT molecular complexity index is 1100. The molecule has 154 valence electrons. The number of rotatable bonds is 5. The van der Waals surface area contributed by atoms with Crippen LogP contribution in [-0.2, 0) is 7.05 Å². The van der Waals surface area contributed by atoms with E-state index in [1.807, 2.05) is 30.3 Å². The summed E-state index contributed by atoms with van der Waals surface area (Å²) in [6, 6.07) is 12.3. The number of carbonyl (C=O) groups excluding carboxylic acids is 1. The molecule has 1 aromatic carbocycles. The van der Waals surface area contributed by atoms with E-state index in [1.54, 1.807) is 24.0 Å². The van der Waals surface area contributed by atoms with Crippen LogP contribution in [0.25, 0.3) is 11.3 Å². The van der Waals surface area contributed by atoms with E-state index < -0.39 is 10.8 Å². The van der Waals surface area contributed by atoms with Gasteiger partial charge in [0.15, 0.2) is 5.69 Å². The fraction of sp³-hybridized carbons (Fsp3) is 0.286. The Morgan fingerprint density at radius 1 is 1.23 bits per heavy atom. The Hall–Kier alpha value is -3.75. The van der Waals surface area contributed by atoms with Crippen molar-refractivity contribution in [2.75, 3.05) is 18.0 Å². The quantitative estimate of drug-likeness (QED) is 0.514. The third-order valence-electron chi connectivity index (χ3n) is 5.36. The van der Waals surface area contributed by atoms with Gasteiger partial charge in [0.25, 0.3) is 11.6 Å². The minimum atomic E-state index is -0.491. The van der Waals surface area contributed by atoms with Crippen molar-refractivity contribution in [2.45, 2.75) is 18.8 Å². The SMILES string of the molecule is Cn1cc(C(N)=O)c([C@@H]2CCCN(c3ccc([N+](=O)[O-])c(-c4ccccc4)n3)C2)n1. The number of aromatic nitrogens is 3. The molecule has 2 aromatic heterocycles. The van der Waals surface area contributed by atoms with E-state index in [-0.39, 0.29) is 11.6 Å². The molecule has 9 heteroatoms. The highest BCUT2D eigenvalue weighted by Crippen LogP contribution is 2.34. The van der Waals surface area contributed by atoms with Gasteiger partial charge in [0.05, 0.1) is 16.2 Å². The number of piperidine rings is 1. The average molecular weight is 406 g/mol. The first-order valence-electron chi connectivity index (χ1n) is 9.73. The van der Waals surface area contributed by atoms with Gasteiger partial charge in [-0.1, -0.05) is 30.3 Å². The number of hydrogen-bond donors (Lipinski definition) is 1. The predicted octanol–water partition coefficient (Wildman–Crippen LogP) is 2.87. The van der Waals surface area contributed by atoms with E-state index in [0.717, 1.165) is 19.4 Å². The molecule has 1 amide bonds. The molecule has 0 spiro atoms. The van der Waals surface area contributed by atoms with Crippen LogP contribution in [0.2, 0.25) is 0 Å². The van der Waals surface area contributed by atoms with Crippen molar-refractivity contribution >= 4 is 17.4 Å². The van der Waals surface area contributed by atoms with Crippen LogP contribution in [0, 0.1) is 10.1 Å². The van der Waals surface area contributed by atoms with Gasteiger partial charge in [-0.2, -0.15) is 5.10 Å². The van der Waals surface area contributed by atoms with E-state index in [2.05, 4.69) is 15.0 Å². The summed E-state index contributed by atoms with van der Waals surface area (Å²) in [4.78, 5) is 29.7. The van der Waals surface area contributed by atoms with Crippen molar-refractivity contribution < 1.29 is 9.72 Å². The zero-order valence-corrected chi connectivity index (χ0v) is 16.6. The van der Waals surface area contributed by atoms with Crippen LogP contribution in [0.4, 0.5) is 11.5 Å². The van der Waals surface area contributed by atoms with Crippen molar-refractivity contribution in [3.63, 3.8) is 0 Å². The minimum Gasteiger partial charge on any atom is -0.365 e. The minimum absolute atomic E-state index is 0.0274. The summed E-state index contributed by atoms with van der Waals surface area (Å²) in [6.45, 7) is 1.38. The molecule has 3 heterocycles. The lowest BCUT2D eigenvalue weighted by molar-refractivity contribution is -0.384. The van der Waals surface area contributed by atoms with Crippen molar-refractivity contribution in [3.05, 3.63) is 70.0 Å². The van der Waals surface area contributed by atoms with E-state index in [9.17, 15) is 14.9 Å². The molecule has 1 aliphatic rings. The maximum Gasteiger partial charge on any atom is 0.295 e. The first-order valence-corrected chi connectivity index (χ1v) is 9.73. The van der Waals surface area contributed by atoms with Crippen LogP contribution >= 0.6 is 0 Å². The lowest BCUT2D eigenvalue weighted by Gasteiger charge is -2.33. The highest BCUT2D eigenvalue weighted by molar-refractivity contribution is 5.93. The molecule has 3 aromatic rings. The zero-order chi connectivity index (χ0) is 21.3. The Morgan fingerprint density at radius 2 is 2.00 bits per heavy atom. The van der Waals surface area contributed by atoms with Gasteiger partial charge < -0.3 is 10.6 Å². The summed E-state index contributed by atoms with van der Waals surface area (Å²) in [5.74, 6) is 0.204. The predicted molar refractivity (Wildman–Crippen MR) is 112 cm³/mol. The smallest absolute Gasteiger partial charge is 0.295 e. The van der Waals surface area contributed by atoms with Gasteiger partial charge in [-0.3, -0.25) is 19.6 Å². The number of hydrogen-bond acceptors (Lipinski definition) is 6. The second-order valence-electron chi connectivity index (χ2n) is 7.41. The molecule has 2 N–H and O–H groups in total. The molecule has 0 bridgehead atoms. The maximum absolute atomic E-state index is 11.8. The number of benzene rings is 1. The maximum atomic E-state index is 11.8. The van der Waals surface area contributed by atoms with Crippen LogP contribution in [0.1, 0.15) is 34.8 Å². The molecular weight excluding hydrogens is 384 g/mol. The molecular formula is C21H22N6O3. The number of amides is 1. The first-order chi connectivity index (χ1) is 14.4. The molecule has 0 radical (unpaired) electrons. The Labute approximate surface area is 173 Å². The average Bonchev–Trinajstić information content (AvgIpc) is 3.16. The van der Waals surface area contributed by atoms with E-state index >= 15 is 0 Å². The number of anilines is 1. The fourth-order valence-corrected chi connectivity index (χ4v) is 3.98. The summed E-state index contributed by atoms with van der Waals surface area (Å²) in [5, 5.41) is 16.0. The third-order valence-corrected chi connectivity index (χ3v) is 5.36. The van der Waals surface area contributed by atoms with E-state index in [0.29, 0.717) is 34.9 Å². The number of nitro groups is 1. The second-order valence-corrected chi connectivity index (χ2v) is 7.41. The molecule has 1 aliphatic heterocycles. The van der Waals surface area contributed by atoms with Gasteiger partial charge >= 0.3 is 0 Å². The summed E-state index contributed by atoms with van der Waals surface area (Å²) in [5.41, 5.74) is 7.67. The highest BCUT2D eigenvalue weighted by Gasteiger charge is 2.29. The van der Waals surface area contributed by atoms with Crippen molar-refractivity contribution in [1.29, 1.82) is 0 Å². The third kappa shape index (κ3) is 3.73. The number of nitrogens with zero attached hydrogens (tertiary/aromatic N) is 5. The van der Waals surface area contributed by atoms with Crippen LogP contribution in [-0.4, -0.2) is 38.7 Å². The monoisotopic (exact) mass is 406 g/mol. The number of aryl methyl sites for hydroxylation is 1. The summed E-state index contributed by atoms with van der Waals surface area (Å²) >= 11 is 0. The number of primary amides is 1. The number of carbonyl (C=O) groups is 1. The van der Waals surface area contributed by atoms with Crippen molar-refractivity contribution in [1.82, 2.24) is 14.8 Å². The van der Waals surface area contributed by atoms with Crippen molar-refractivity contribution in [2.24, 2.45) is 12.8 Å². The molecule has 1 atom stereocenters. The standard InChI is InChI=1S/C21H22N6O3/c1-25-13-16(21(22)28)19(24-25)15-8-5-11-26(12-15)18-10-9-17(27(29)30)20(23-18)14-6-3-2-4-7-14/h2-4,6-7,9-10,13,15H,5,8,11-12H2,1H3,(H2,22,28)/t15-/m1/s1. The molecule has 0 saturated carbocycles. The van der Waals surface area contributed by atoms with E-state index in [1.165, 1.54) is 6.07 Å². The molecule has 0 aliphatic carbocycles. The molecule has 30 heavy (non-hydrogen) atoms. The highest BCUT2D eigenvalue weighted by atomic mass is 16.6. The fourth-order valence-electron chi connectivity index (χ4n) is 3.98. The van der Waals surface area contributed by atoms with Crippen LogP contribution in [0.3, 0.4) is 0 Å². The topological polar surface area (TPSA) is 120 Å². The first kappa shape index (κ1) is 19.6. The molecule has 1 fully saturated rings. The second kappa shape index (κ2) is 7.94. The molecule has 1 saturated heterocycles. The molecule has 4 rings (SSSR count). The molecule has 0 unspecified atom stereocenters. The van der Waals surface area contributed by atoms with Crippen LogP contribution in [0.15, 0.2) is 48.7 Å². The normalized spacial score (nSPS) is 16.4. The Morgan fingerprint density at radius 3 is 2.70 bits per heavy atom.